The number of aromatic nitrogens is 2. The van der Waals surface area contributed by atoms with Gasteiger partial charge in [0.15, 0.2) is 5.82 Å². The zero-order valence-corrected chi connectivity index (χ0v) is 15.6. The Labute approximate surface area is 161 Å². The third kappa shape index (κ3) is 3.09. The van der Waals surface area contributed by atoms with Crippen LogP contribution in [0.4, 0.5) is 10.2 Å². The molecule has 0 radical (unpaired) electrons. The van der Waals surface area contributed by atoms with Crippen LogP contribution in [0.2, 0.25) is 0 Å². The molecule has 1 saturated carbocycles. The van der Waals surface area contributed by atoms with E-state index in [0.717, 1.165) is 0 Å². The Balaban J connectivity index is 1.56. The van der Waals surface area contributed by atoms with Crippen molar-refractivity contribution in [2.75, 3.05) is 19.5 Å². The molecule has 0 aliphatic heterocycles. The van der Waals surface area contributed by atoms with Crippen molar-refractivity contribution in [2.45, 2.75) is 18.3 Å². The lowest BCUT2D eigenvalue weighted by molar-refractivity contribution is -0.118. The Hall–Kier alpha value is -3.35. The first-order chi connectivity index (χ1) is 13.6. The minimum Gasteiger partial charge on any atom is -0.497 e. The van der Waals surface area contributed by atoms with E-state index >= 15 is 0 Å². The maximum absolute atomic E-state index is 14.2. The number of carbonyl (C=O) groups excluding carboxylic acids is 1. The minimum absolute atomic E-state index is 0.246. The van der Waals surface area contributed by atoms with Crippen LogP contribution >= 0.6 is 0 Å². The largest absolute Gasteiger partial charge is 0.497 e. The van der Waals surface area contributed by atoms with Gasteiger partial charge in [-0.05, 0) is 31.0 Å². The highest BCUT2D eigenvalue weighted by atomic mass is 19.1. The van der Waals surface area contributed by atoms with Crippen molar-refractivity contribution in [2.24, 2.45) is 0 Å². The van der Waals surface area contributed by atoms with Crippen LogP contribution in [-0.4, -0.2) is 29.9 Å². The zero-order chi connectivity index (χ0) is 19.7. The molecule has 0 saturated heterocycles. The molecule has 1 amide bonds. The summed E-state index contributed by atoms with van der Waals surface area (Å²) in [5.41, 5.74) is 0.329. The van der Waals surface area contributed by atoms with Crippen LogP contribution in [-0.2, 0) is 10.2 Å². The first-order valence-corrected chi connectivity index (χ1v) is 8.92. The van der Waals surface area contributed by atoms with Crippen molar-refractivity contribution < 1.29 is 18.7 Å². The van der Waals surface area contributed by atoms with E-state index in [2.05, 4.69) is 10.4 Å². The molecule has 0 unspecified atom stereocenters. The normalized spacial score (nSPS) is 14.4. The van der Waals surface area contributed by atoms with Crippen LogP contribution in [0.25, 0.3) is 5.69 Å². The van der Waals surface area contributed by atoms with Crippen molar-refractivity contribution in [3.8, 4) is 17.2 Å². The molecule has 6 nitrogen and oxygen atoms in total. The zero-order valence-electron chi connectivity index (χ0n) is 15.6. The summed E-state index contributed by atoms with van der Waals surface area (Å²) < 4.78 is 26.4. The fourth-order valence-electron chi connectivity index (χ4n) is 3.33. The molecule has 28 heavy (non-hydrogen) atoms. The molecule has 4 rings (SSSR count). The van der Waals surface area contributed by atoms with Crippen LogP contribution in [0.5, 0.6) is 11.5 Å². The van der Waals surface area contributed by atoms with Gasteiger partial charge in [0.1, 0.15) is 23.0 Å². The number of hydrogen-bond donors (Lipinski definition) is 1. The minimum atomic E-state index is -0.813. The van der Waals surface area contributed by atoms with E-state index in [1.165, 1.54) is 6.07 Å². The fraction of sp³-hybridized carbons (Fsp3) is 0.238. The Bertz CT molecular complexity index is 1030. The number of rotatable bonds is 6. The first kappa shape index (κ1) is 18.0. The van der Waals surface area contributed by atoms with E-state index in [1.54, 1.807) is 61.5 Å². The molecule has 1 aliphatic carbocycles. The summed E-state index contributed by atoms with van der Waals surface area (Å²) in [4.78, 5) is 12.8. The van der Waals surface area contributed by atoms with Gasteiger partial charge in [0, 0.05) is 23.9 Å². The van der Waals surface area contributed by atoms with Gasteiger partial charge in [0.05, 0.1) is 19.6 Å². The van der Waals surface area contributed by atoms with Gasteiger partial charge >= 0.3 is 0 Å². The molecular formula is C21H20FN3O3. The molecule has 144 valence electrons. The molecule has 1 fully saturated rings. The van der Waals surface area contributed by atoms with Gasteiger partial charge in [-0.15, -0.1) is 5.10 Å². The SMILES string of the molecule is COc1ccc(-n2ccc(NC(=O)C3(c4ccccc4F)CC3)n2)c(OC)c1. The summed E-state index contributed by atoms with van der Waals surface area (Å²) >= 11 is 0. The predicted molar refractivity (Wildman–Crippen MR) is 103 cm³/mol. The standard InChI is InChI=1S/C21H20FN3O3/c1-27-14-7-8-17(18(13-14)28-2)25-12-9-19(24-25)23-20(26)21(10-11-21)15-5-3-4-6-16(15)22/h3-9,12-13H,10-11H2,1-2H3,(H,23,24,26). The molecule has 1 aromatic heterocycles. The van der Waals surface area contributed by atoms with Crippen LogP contribution < -0.4 is 14.8 Å². The Morgan fingerprint density at radius 2 is 1.93 bits per heavy atom. The number of halogens is 1. The summed E-state index contributed by atoms with van der Waals surface area (Å²) in [5, 5.41) is 7.23. The molecule has 2 aromatic carbocycles. The maximum Gasteiger partial charge on any atom is 0.236 e. The second-order valence-electron chi connectivity index (χ2n) is 6.70. The van der Waals surface area contributed by atoms with E-state index in [0.29, 0.717) is 41.4 Å². The van der Waals surface area contributed by atoms with Gasteiger partial charge in [-0.1, -0.05) is 18.2 Å². The summed E-state index contributed by atoms with van der Waals surface area (Å²) in [7, 11) is 3.15. The molecule has 7 heteroatoms. The summed E-state index contributed by atoms with van der Waals surface area (Å²) in [6.07, 6.45) is 2.96. The lowest BCUT2D eigenvalue weighted by Gasteiger charge is -2.15. The van der Waals surface area contributed by atoms with Crippen molar-refractivity contribution in [3.63, 3.8) is 0 Å². The Morgan fingerprint density at radius 1 is 1.14 bits per heavy atom. The van der Waals surface area contributed by atoms with Crippen molar-refractivity contribution in [3.05, 3.63) is 66.1 Å². The summed E-state index contributed by atoms with van der Waals surface area (Å²) in [6, 6.07) is 13.5. The molecule has 3 aromatic rings. The van der Waals surface area contributed by atoms with Gasteiger partial charge in [0.25, 0.3) is 0 Å². The first-order valence-electron chi connectivity index (χ1n) is 8.92. The van der Waals surface area contributed by atoms with Crippen molar-refractivity contribution >= 4 is 11.7 Å². The van der Waals surface area contributed by atoms with E-state index < -0.39 is 5.41 Å². The van der Waals surface area contributed by atoms with E-state index in [4.69, 9.17) is 9.47 Å². The number of nitrogens with one attached hydrogen (secondary N) is 1. The summed E-state index contributed by atoms with van der Waals surface area (Å²) in [5.74, 6) is 1.05. The molecule has 1 heterocycles. The van der Waals surface area contributed by atoms with E-state index in [-0.39, 0.29) is 11.7 Å². The highest BCUT2D eigenvalue weighted by Crippen LogP contribution is 2.49. The van der Waals surface area contributed by atoms with E-state index in [1.807, 2.05) is 6.07 Å². The topological polar surface area (TPSA) is 65.4 Å². The van der Waals surface area contributed by atoms with Crippen LogP contribution in [0.1, 0.15) is 18.4 Å². The summed E-state index contributed by atoms with van der Waals surface area (Å²) in [6.45, 7) is 0. The van der Waals surface area contributed by atoms with Gasteiger partial charge in [-0.2, -0.15) is 0 Å². The second-order valence-corrected chi connectivity index (χ2v) is 6.70. The number of hydrogen-bond acceptors (Lipinski definition) is 4. The Morgan fingerprint density at radius 3 is 2.61 bits per heavy atom. The van der Waals surface area contributed by atoms with Gasteiger partial charge < -0.3 is 14.8 Å². The number of carbonyl (C=O) groups is 1. The highest BCUT2D eigenvalue weighted by Gasteiger charge is 2.52. The quantitative estimate of drug-likeness (QED) is 0.707. The molecule has 0 atom stereocenters. The molecule has 0 bridgehead atoms. The molecule has 1 aliphatic rings. The van der Waals surface area contributed by atoms with Crippen LogP contribution in [0.15, 0.2) is 54.7 Å². The number of nitrogens with zero attached hydrogens (tertiary/aromatic N) is 2. The number of anilines is 1. The van der Waals surface area contributed by atoms with Crippen LogP contribution in [0.3, 0.4) is 0 Å². The number of benzene rings is 2. The number of amides is 1. The maximum atomic E-state index is 14.2. The monoisotopic (exact) mass is 381 g/mol. The predicted octanol–water partition coefficient (Wildman–Crippen LogP) is 3.70. The second kappa shape index (κ2) is 6.99. The third-order valence-electron chi connectivity index (χ3n) is 5.04. The van der Waals surface area contributed by atoms with Gasteiger partial charge in [-0.25, -0.2) is 9.07 Å². The fourth-order valence-corrected chi connectivity index (χ4v) is 3.33. The Kier molecular flexibility index (Phi) is 4.50. The van der Waals surface area contributed by atoms with Gasteiger partial charge in [-0.3, -0.25) is 4.79 Å². The average Bonchev–Trinajstić information content (AvgIpc) is 3.40. The smallest absolute Gasteiger partial charge is 0.236 e. The lowest BCUT2D eigenvalue weighted by atomic mass is 9.94. The third-order valence-corrected chi connectivity index (χ3v) is 5.04. The molecule has 0 spiro atoms. The van der Waals surface area contributed by atoms with E-state index in [9.17, 15) is 9.18 Å². The highest BCUT2D eigenvalue weighted by molar-refractivity contribution is 6.00. The molecular weight excluding hydrogens is 361 g/mol. The van der Waals surface area contributed by atoms with Crippen LogP contribution in [0, 0.1) is 5.82 Å². The van der Waals surface area contributed by atoms with Crippen molar-refractivity contribution in [1.29, 1.82) is 0 Å². The molecule has 1 N–H and O–H groups in total. The number of ether oxygens (including phenoxy) is 2. The van der Waals surface area contributed by atoms with Gasteiger partial charge in [0.2, 0.25) is 5.91 Å². The average molecular weight is 381 g/mol. The number of methoxy groups -OCH3 is 2. The van der Waals surface area contributed by atoms with Crippen molar-refractivity contribution in [1.82, 2.24) is 9.78 Å². The lowest BCUT2D eigenvalue weighted by Crippen LogP contribution is -2.29.